The Kier molecular flexibility index (Phi) is 4.67. The molecular weight excluding hydrogens is 298 g/mol. The second kappa shape index (κ2) is 6.26. The predicted octanol–water partition coefficient (Wildman–Crippen LogP) is 2.52. The van der Waals surface area contributed by atoms with Crippen molar-refractivity contribution in [3.05, 3.63) is 50.9 Å². The molecule has 0 aliphatic heterocycles. The summed E-state index contributed by atoms with van der Waals surface area (Å²) in [6.07, 6.45) is 3.60. The molecule has 90 valence electrons. The number of halogens is 1. The van der Waals surface area contributed by atoms with Gasteiger partial charge in [0.2, 0.25) is 0 Å². The van der Waals surface area contributed by atoms with Gasteiger partial charge in [-0.05, 0) is 24.1 Å². The van der Waals surface area contributed by atoms with Gasteiger partial charge in [0.15, 0.2) is 0 Å². The monoisotopic (exact) mass is 311 g/mol. The van der Waals surface area contributed by atoms with Crippen LogP contribution < -0.4 is 11.3 Å². The number of hydrogen-bond acceptors (Lipinski definition) is 4. The van der Waals surface area contributed by atoms with Crippen LogP contribution >= 0.6 is 27.3 Å². The zero-order valence-electron chi connectivity index (χ0n) is 9.27. The molecule has 0 aliphatic carbocycles. The average molecular weight is 312 g/mol. The first kappa shape index (κ1) is 12.7. The van der Waals surface area contributed by atoms with Crippen LogP contribution in [0, 0.1) is 0 Å². The molecule has 1 heterocycles. The SMILES string of the molecule is NNC(Cc1ccc(Br)cc1)Cc1nccs1. The fourth-order valence-corrected chi connectivity index (χ4v) is 2.62. The first-order chi connectivity index (χ1) is 8.28. The third-order valence-electron chi connectivity index (χ3n) is 2.54. The molecule has 0 spiro atoms. The molecule has 0 saturated heterocycles. The Bertz CT molecular complexity index is 441. The Morgan fingerprint density at radius 2 is 2.06 bits per heavy atom. The van der Waals surface area contributed by atoms with Crippen LogP contribution in [-0.2, 0) is 12.8 Å². The van der Waals surface area contributed by atoms with E-state index >= 15 is 0 Å². The van der Waals surface area contributed by atoms with Crippen LogP contribution in [0.1, 0.15) is 10.6 Å². The van der Waals surface area contributed by atoms with E-state index in [4.69, 9.17) is 5.84 Å². The zero-order valence-corrected chi connectivity index (χ0v) is 11.7. The number of rotatable bonds is 5. The summed E-state index contributed by atoms with van der Waals surface area (Å²) in [5, 5.41) is 3.10. The van der Waals surface area contributed by atoms with Crippen molar-refractivity contribution in [2.45, 2.75) is 18.9 Å². The van der Waals surface area contributed by atoms with Crippen molar-refractivity contribution in [1.82, 2.24) is 10.4 Å². The van der Waals surface area contributed by atoms with Crippen molar-refractivity contribution in [3.8, 4) is 0 Å². The van der Waals surface area contributed by atoms with Gasteiger partial charge in [0, 0.05) is 28.5 Å². The fraction of sp³-hybridized carbons (Fsp3) is 0.250. The van der Waals surface area contributed by atoms with E-state index in [1.807, 2.05) is 23.7 Å². The van der Waals surface area contributed by atoms with Gasteiger partial charge in [-0.15, -0.1) is 11.3 Å². The lowest BCUT2D eigenvalue weighted by Crippen LogP contribution is -2.38. The van der Waals surface area contributed by atoms with Gasteiger partial charge in [0.05, 0.1) is 5.01 Å². The summed E-state index contributed by atoms with van der Waals surface area (Å²) in [6.45, 7) is 0. The highest BCUT2D eigenvalue weighted by Crippen LogP contribution is 2.14. The van der Waals surface area contributed by atoms with Gasteiger partial charge >= 0.3 is 0 Å². The topological polar surface area (TPSA) is 50.9 Å². The molecule has 1 aromatic carbocycles. The average Bonchev–Trinajstić information content (AvgIpc) is 2.84. The van der Waals surface area contributed by atoms with Gasteiger partial charge in [-0.25, -0.2) is 4.98 Å². The Morgan fingerprint density at radius 3 is 2.65 bits per heavy atom. The summed E-state index contributed by atoms with van der Waals surface area (Å²) < 4.78 is 1.10. The molecule has 0 saturated carbocycles. The second-order valence-electron chi connectivity index (χ2n) is 3.82. The number of nitrogens with one attached hydrogen (secondary N) is 1. The van der Waals surface area contributed by atoms with Crippen LogP contribution in [0.25, 0.3) is 0 Å². The number of aromatic nitrogens is 1. The molecule has 1 unspecified atom stereocenters. The third-order valence-corrected chi connectivity index (χ3v) is 3.87. The Balaban J connectivity index is 1.97. The van der Waals surface area contributed by atoms with Crippen LogP contribution in [0.4, 0.5) is 0 Å². The minimum atomic E-state index is 0.224. The lowest BCUT2D eigenvalue weighted by molar-refractivity contribution is 0.521. The van der Waals surface area contributed by atoms with Crippen molar-refractivity contribution in [2.24, 2.45) is 5.84 Å². The van der Waals surface area contributed by atoms with E-state index in [0.717, 1.165) is 22.3 Å². The molecule has 3 nitrogen and oxygen atoms in total. The molecule has 0 amide bonds. The minimum Gasteiger partial charge on any atom is -0.271 e. The molecular formula is C12H14BrN3S. The summed E-state index contributed by atoms with van der Waals surface area (Å²) in [5.41, 5.74) is 4.13. The van der Waals surface area contributed by atoms with Crippen LogP contribution in [0.2, 0.25) is 0 Å². The maximum Gasteiger partial charge on any atom is 0.0940 e. The summed E-state index contributed by atoms with van der Waals surface area (Å²) >= 11 is 5.09. The number of nitrogens with two attached hydrogens (primary N) is 1. The van der Waals surface area contributed by atoms with E-state index in [0.29, 0.717) is 0 Å². The standard InChI is InChI=1S/C12H14BrN3S/c13-10-3-1-9(2-4-10)7-11(16-14)8-12-15-5-6-17-12/h1-6,11,16H,7-8,14H2. The van der Waals surface area contributed by atoms with Gasteiger partial charge < -0.3 is 0 Å². The highest BCUT2D eigenvalue weighted by molar-refractivity contribution is 9.10. The Labute approximate surface area is 113 Å². The fourth-order valence-electron chi connectivity index (χ4n) is 1.66. The molecule has 17 heavy (non-hydrogen) atoms. The molecule has 0 aliphatic rings. The van der Waals surface area contributed by atoms with Gasteiger partial charge in [0.1, 0.15) is 0 Å². The maximum absolute atomic E-state index is 5.58. The maximum atomic E-state index is 5.58. The molecule has 1 aromatic heterocycles. The molecule has 0 fully saturated rings. The first-order valence-electron chi connectivity index (χ1n) is 5.37. The van der Waals surface area contributed by atoms with Gasteiger partial charge in [-0.3, -0.25) is 11.3 Å². The molecule has 3 N–H and O–H groups in total. The van der Waals surface area contributed by atoms with Crippen molar-refractivity contribution in [3.63, 3.8) is 0 Å². The number of hydrogen-bond donors (Lipinski definition) is 2. The minimum absolute atomic E-state index is 0.224. The first-order valence-corrected chi connectivity index (χ1v) is 7.04. The molecule has 2 rings (SSSR count). The van der Waals surface area contributed by atoms with E-state index in [-0.39, 0.29) is 6.04 Å². The number of thiazole rings is 1. The van der Waals surface area contributed by atoms with Crippen molar-refractivity contribution >= 4 is 27.3 Å². The lowest BCUT2D eigenvalue weighted by atomic mass is 10.0. The van der Waals surface area contributed by atoms with Crippen molar-refractivity contribution < 1.29 is 0 Å². The predicted molar refractivity (Wildman–Crippen MR) is 74.8 cm³/mol. The van der Waals surface area contributed by atoms with Crippen molar-refractivity contribution in [1.29, 1.82) is 0 Å². The van der Waals surface area contributed by atoms with E-state index < -0.39 is 0 Å². The summed E-state index contributed by atoms with van der Waals surface area (Å²) in [7, 11) is 0. The normalized spacial score (nSPS) is 12.6. The van der Waals surface area contributed by atoms with E-state index in [1.165, 1.54) is 5.56 Å². The molecule has 5 heteroatoms. The zero-order chi connectivity index (χ0) is 12.1. The quantitative estimate of drug-likeness (QED) is 0.659. The van der Waals surface area contributed by atoms with Crippen LogP contribution in [0.15, 0.2) is 40.3 Å². The molecule has 1 atom stereocenters. The van der Waals surface area contributed by atoms with Crippen LogP contribution in [0.3, 0.4) is 0 Å². The molecule has 0 radical (unpaired) electrons. The molecule has 2 aromatic rings. The van der Waals surface area contributed by atoms with Crippen molar-refractivity contribution in [2.75, 3.05) is 0 Å². The van der Waals surface area contributed by atoms with E-state index in [2.05, 4.69) is 38.5 Å². The summed E-state index contributed by atoms with van der Waals surface area (Å²) in [6, 6.07) is 8.54. The summed E-state index contributed by atoms with van der Waals surface area (Å²) in [5.74, 6) is 5.58. The Morgan fingerprint density at radius 1 is 1.29 bits per heavy atom. The lowest BCUT2D eigenvalue weighted by Gasteiger charge is -2.14. The number of benzene rings is 1. The second-order valence-corrected chi connectivity index (χ2v) is 5.72. The largest absolute Gasteiger partial charge is 0.271 e. The van der Waals surface area contributed by atoms with E-state index in [9.17, 15) is 0 Å². The van der Waals surface area contributed by atoms with Gasteiger partial charge in [-0.1, -0.05) is 28.1 Å². The summed E-state index contributed by atoms with van der Waals surface area (Å²) in [4.78, 5) is 4.28. The Hall–Kier alpha value is -0.750. The third kappa shape index (κ3) is 3.89. The smallest absolute Gasteiger partial charge is 0.0940 e. The van der Waals surface area contributed by atoms with Gasteiger partial charge in [-0.2, -0.15) is 0 Å². The van der Waals surface area contributed by atoms with E-state index in [1.54, 1.807) is 11.3 Å². The number of nitrogens with zero attached hydrogens (tertiary/aromatic N) is 1. The highest BCUT2D eigenvalue weighted by atomic mass is 79.9. The van der Waals surface area contributed by atoms with Crippen LogP contribution in [0.5, 0.6) is 0 Å². The van der Waals surface area contributed by atoms with Crippen LogP contribution in [-0.4, -0.2) is 11.0 Å². The number of hydrazine groups is 1. The highest BCUT2D eigenvalue weighted by Gasteiger charge is 2.10. The van der Waals surface area contributed by atoms with Gasteiger partial charge in [0.25, 0.3) is 0 Å². The molecule has 0 bridgehead atoms.